The number of aliphatic hydroxyl groups excluding tert-OH is 1. The van der Waals surface area contributed by atoms with E-state index in [4.69, 9.17) is 14.2 Å². The first-order chi connectivity index (χ1) is 18.8. The number of para-hydroxylation sites is 1. The van der Waals surface area contributed by atoms with Crippen molar-refractivity contribution in [3.8, 4) is 5.75 Å². The lowest BCUT2D eigenvalue weighted by Crippen LogP contribution is -2.57. The van der Waals surface area contributed by atoms with E-state index in [-0.39, 0.29) is 43.1 Å². The van der Waals surface area contributed by atoms with Crippen molar-refractivity contribution < 1.29 is 32.5 Å². The van der Waals surface area contributed by atoms with Crippen molar-refractivity contribution in [3.05, 3.63) is 54.6 Å². The maximum atomic E-state index is 13.7. The quantitative estimate of drug-likeness (QED) is 0.570. The van der Waals surface area contributed by atoms with Gasteiger partial charge in [0.1, 0.15) is 5.75 Å². The number of ether oxygens (including phenoxy) is 3. The number of amides is 1. The summed E-state index contributed by atoms with van der Waals surface area (Å²) >= 11 is 0. The van der Waals surface area contributed by atoms with Gasteiger partial charge < -0.3 is 29.1 Å². The monoisotopic (exact) mass is 559 g/mol. The molecule has 1 amide bonds. The van der Waals surface area contributed by atoms with Gasteiger partial charge in [-0.15, -0.1) is 0 Å². The number of hydrogen-bond acceptors (Lipinski definition) is 8. The van der Waals surface area contributed by atoms with Crippen LogP contribution in [0.1, 0.15) is 19.3 Å². The number of fused-ring (bicyclic) bond motifs is 1. The summed E-state index contributed by atoms with van der Waals surface area (Å²) in [5.41, 5.74) is 1.16. The number of piperazine rings is 1. The predicted molar refractivity (Wildman–Crippen MR) is 145 cm³/mol. The smallest absolute Gasteiger partial charge is 0.243 e. The highest BCUT2D eigenvalue weighted by Crippen LogP contribution is 2.32. The van der Waals surface area contributed by atoms with E-state index in [1.807, 2.05) is 23.1 Å². The predicted octanol–water partition coefficient (Wildman–Crippen LogP) is 1.73. The Kier molecular flexibility index (Phi) is 8.73. The van der Waals surface area contributed by atoms with Gasteiger partial charge in [0.15, 0.2) is 0 Å². The van der Waals surface area contributed by atoms with Crippen molar-refractivity contribution >= 4 is 21.6 Å². The van der Waals surface area contributed by atoms with E-state index in [1.54, 1.807) is 12.1 Å². The molecule has 39 heavy (non-hydrogen) atoms. The number of benzene rings is 2. The van der Waals surface area contributed by atoms with Crippen molar-refractivity contribution in [1.82, 2.24) is 9.21 Å². The van der Waals surface area contributed by atoms with Gasteiger partial charge in [-0.1, -0.05) is 24.3 Å². The van der Waals surface area contributed by atoms with Gasteiger partial charge >= 0.3 is 0 Å². The Morgan fingerprint density at radius 2 is 1.79 bits per heavy atom. The Hall–Kier alpha value is -2.70. The van der Waals surface area contributed by atoms with Crippen LogP contribution >= 0.6 is 0 Å². The molecular weight excluding hydrogens is 522 g/mol. The molecule has 3 fully saturated rings. The van der Waals surface area contributed by atoms with Crippen LogP contribution in [0.4, 0.5) is 5.69 Å². The zero-order valence-corrected chi connectivity index (χ0v) is 23.0. The zero-order valence-electron chi connectivity index (χ0n) is 22.2. The second kappa shape index (κ2) is 12.2. The molecule has 0 spiro atoms. The summed E-state index contributed by atoms with van der Waals surface area (Å²) in [4.78, 5) is 17.4. The highest BCUT2D eigenvalue weighted by atomic mass is 32.2. The van der Waals surface area contributed by atoms with Crippen molar-refractivity contribution in [2.75, 3.05) is 57.9 Å². The van der Waals surface area contributed by atoms with Crippen molar-refractivity contribution in [2.24, 2.45) is 0 Å². The summed E-state index contributed by atoms with van der Waals surface area (Å²) in [6.07, 6.45) is -0.527. The topological polar surface area (TPSA) is 109 Å². The van der Waals surface area contributed by atoms with Crippen LogP contribution in [0.3, 0.4) is 0 Å². The van der Waals surface area contributed by atoms with Gasteiger partial charge in [-0.3, -0.25) is 4.79 Å². The summed E-state index contributed by atoms with van der Waals surface area (Å²) < 4.78 is 46.0. The number of anilines is 1. The average molecular weight is 560 g/mol. The number of carbonyl (C=O) groups is 1. The normalized spacial score (nSPS) is 26.8. The molecule has 2 aromatic rings. The molecule has 0 aromatic heterocycles. The van der Waals surface area contributed by atoms with Crippen LogP contribution in [-0.4, -0.2) is 106 Å². The fraction of sp³-hybridized carbons (Fsp3) is 0.536. The van der Waals surface area contributed by atoms with E-state index in [1.165, 1.54) is 23.5 Å². The second-order valence-corrected chi connectivity index (χ2v) is 12.2. The molecule has 0 bridgehead atoms. The summed E-state index contributed by atoms with van der Waals surface area (Å²) in [6, 6.07) is 16.0. The van der Waals surface area contributed by atoms with Gasteiger partial charge in [0.2, 0.25) is 15.9 Å². The average Bonchev–Trinajstić information content (AvgIpc) is 2.96. The maximum absolute atomic E-state index is 13.7. The zero-order chi connectivity index (χ0) is 27.4. The molecule has 212 valence electrons. The molecule has 3 aliphatic rings. The maximum Gasteiger partial charge on any atom is 0.243 e. The molecule has 2 aromatic carbocycles. The van der Waals surface area contributed by atoms with Gasteiger partial charge in [-0.2, -0.15) is 4.31 Å². The molecule has 0 radical (unpaired) electrons. The molecule has 3 saturated heterocycles. The molecule has 4 atom stereocenters. The molecule has 1 N–H and O–H groups in total. The number of nitrogens with zero attached hydrogens (tertiary/aromatic N) is 3. The Labute approximate surface area is 230 Å². The molecule has 10 nitrogen and oxygen atoms in total. The van der Waals surface area contributed by atoms with Gasteiger partial charge in [0.25, 0.3) is 0 Å². The minimum Gasteiger partial charge on any atom is -0.497 e. The molecule has 5 rings (SSSR count). The molecule has 0 unspecified atom stereocenters. The third kappa shape index (κ3) is 6.38. The number of carbonyl (C=O) groups excluding carboxylic acids is 1. The van der Waals surface area contributed by atoms with Crippen molar-refractivity contribution in [1.29, 1.82) is 0 Å². The van der Waals surface area contributed by atoms with Crippen LogP contribution in [0.15, 0.2) is 59.5 Å². The van der Waals surface area contributed by atoms with E-state index in [9.17, 15) is 18.3 Å². The molecular formula is C28H37N3O7S. The van der Waals surface area contributed by atoms with Crippen LogP contribution in [-0.2, 0) is 24.3 Å². The minimum atomic E-state index is -3.95. The van der Waals surface area contributed by atoms with Crippen LogP contribution in [0.5, 0.6) is 5.75 Å². The molecule has 0 saturated carbocycles. The van der Waals surface area contributed by atoms with Gasteiger partial charge in [0.05, 0.1) is 56.0 Å². The third-order valence-electron chi connectivity index (χ3n) is 7.74. The fourth-order valence-electron chi connectivity index (χ4n) is 5.64. The first kappa shape index (κ1) is 27.9. The molecule has 3 heterocycles. The minimum absolute atomic E-state index is 0.00595. The van der Waals surface area contributed by atoms with Gasteiger partial charge in [-0.25, -0.2) is 8.42 Å². The number of aliphatic hydroxyl groups is 1. The second-order valence-electron chi connectivity index (χ2n) is 10.3. The largest absolute Gasteiger partial charge is 0.497 e. The Morgan fingerprint density at radius 1 is 1.03 bits per heavy atom. The number of methoxy groups -OCH3 is 1. The van der Waals surface area contributed by atoms with E-state index < -0.39 is 28.3 Å². The van der Waals surface area contributed by atoms with Gasteiger partial charge in [-0.05, 0) is 37.1 Å². The van der Waals surface area contributed by atoms with Crippen LogP contribution in [0.2, 0.25) is 0 Å². The van der Waals surface area contributed by atoms with E-state index in [0.29, 0.717) is 31.7 Å². The Bertz CT molecular complexity index is 1220. The lowest BCUT2D eigenvalue weighted by atomic mass is 9.96. The highest BCUT2D eigenvalue weighted by Gasteiger charge is 2.43. The molecule has 0 aliphatic carbocycles. The number of sulfonamides is 1. The Morgan fingerprint density at radius 3 is 2.54 bits per heavy atom. The summed E-state index contributed by atoms with van der Waals surface area (Å²) in [6.45, 7) is 2.91. The van der Waals surface area contributed by atoms with Crippen LogP contribution < -0.4 is 9.64 Å². The lowest BCUT2D eigenvalue weighted by molar-refractivity contribution is -0.151. The van der Waals surface area contributed by atoms with E-state index in [2.05, 4.69) is 17.0 Å². The fourth-order valence-corrected chi connectivity index (χ4v) is 7.40. The van der Waals surface area contributed by atoms with Gasteiger partial charge in [0, 0.05) is 44.5 Å². The standard InChI is InChI=1S/C28H37N3O7S/c1-36-23-8-5-9-25(16-23)39(34,35)31-18-22(32)19-37-20-27-26(31)11-10-24(38-27)17-28(33)30-14-12-29(13-15-30)21-6-3-2-4-7-21/h2-9,16,22,24,26-27,32H,10-15,17-20H2,1H3/t22-,24+,26+,27-/m0/s1. The summed E-state index contributed by atoms with van der Waals surface area (Å²) in [7, 11) is -2.46. The first-order valence-corrected chi connectivity index (χ1v) is 14.9. The summed E-state index contributed by atoms with van der Waals surface area (Å²) in [5.74, 6) is 0.487. The van der Waals surface area contributed by atoms with E-state index >= 15 is 0 Å². The van der Waals surface area contributed by atoms with Crippen LogP contribution in [0.25, 0.3) is 0 Å². The summed E-state index contributed by atoms with van der Waals surface area (Å²) in [5, 5.41) is 10.4. The third-order valence-corrected chi connectivity index (χ3v) is 9.62. The van der Waals surface area contributed by atoms with Crippen molar-refractivity contribution in [2.45, 2.75) is 48.5 Å². The van der Waals surface area contributed by atoms with Crippen LogP contribution in [0, 0.1) is 0 Å². The molecule has 3 aliphatic heterocycles. The lowest BCUT2D eigenvalue weighted by Gasteiger charge is -2.44. The SMILES string of the molecule is COc1cccc(S(=O)(=O)N2C[C@H](O)COC[C@@H]3O[C@@H](CC(=O)N4CCN(c5ccccc5)CC4)CC[C@H]32)c1. The number of β-amino-alcohol motifs (C(OH)–C–C–N with tert-alkyl or cyclic N) is 1. The number of rotatable bonds is 6. The Balaban J connectivity index is 1.23. The van der Waals surface area contributed by atoms with Crippen molar-refractivity contribution in [3.63, 3.8) is 0 Å². The van der Waals surface area contributed by atoms with E-state index in [0.717, 1.165) is 18.8 Å². The highest BCUT2D eigenvalue weighted by molar-refractivity contribution is 7.89. The first-order valence-electron chi connectivity index (χ1n) is 13.5. The number of hydrogen-bond donors (Lipinski definition) is 1. The molecule has 11 heteroatoms.